The van der Waals surface area contributed by atoms with E-state index < -0.39 is 0 Å². The van der Waals surface area contributed by atoms with Gasteiger partial charge in [0, 0.05) is 32.1 Å². The molecule has 0 bridgehead atoms. The molecule has 0 aromatic heterocycles. The Balaban J connectivity index is 1.79. The summed E-state index contributed by atoms with van der Waals surface area (Å²) in [5, 5.41) is 3.33. The molecule has 1 N–H and O–H groups in total. The van der Waals surface area contributed by atoms with Crippen LogP contribution in [0.15, 0.2) is 0 Å². The second kappa shape index (κ2) is 5.83. The molecule has 2 aliphatic heterocycles. The molecule has 2 fully saturated rings. The van der Waals surface area contributed by atoms with Gasteiger partial charge in [0.2, 0.25) is 5.91 Å². The molecule has 2 aliphatic rings. The number of piperazine rings is 1. The number of hydrogen-bond acceptors (Lipinski definition) is 3. The molecule has 2 heterocycles. The molecule has 0 aromatic carbocycles. The SMILES string of the molecule is CC1CNCCN1C(=O)CC1CCN(C)CC1. The van der Waals surface area contributed by atoms with Crippen molar-refractivity contribution < 1.29 is 4.79 Å². The van der Waals surface area contributed by atoms with Crippen LogP contribution in [0.2, 0.25) is 0 Å². The van der Waals surface area contributed by atoms with Gasteiger partial charge in [-0.25, -0.2) is 0 Å². The predicted octanol–water partition coefficient (Wildman–Crippen LogP) is 0.539. The van der Waals surface area contributed by atoms with Crippen molar-refractivity contribution in [1.82, 2.24) is 15.1 Å². The fourth-order valence-electron chi connectivity index (χ4n) is 2.84. The van der Waals surface area contributed by atoms with Crippen molar-refractivity contribution in [2.24, 2.45) is 5.92 Å². The Morgan fingerprint density at radius 2 is 2.00 bits per heavy atom. The van der Waals surface area contributed by atoms with Crippen LogP contribution in [-0.4, -0.2) is 61.5 Å². The van der Waals surface area contributed by atoms with Crippen molar-refractivity contribution in [3.8, 4) is 0 Å². The zero-order chi connectivity index (χ0) is 12.3. The lowest BCUT2D eigenvalue weighted by Crippen LogP contribution is -2.52. The van der Waals surface area contributed by atoms with Crippen molar-refractivity contribution in [1.29, 1.82) is 0 Å². The summed E-state index contributed by atoms with van der Waals surface area (Å²) >= 11 is 0. The van der Waals surface area contributed by atoms with Gasteiger partial charge in [0.1, 0.15) is 0 Å². The molecule has 0 radical (unpaired) electrons. The van der Waals surface area contributed by atoms with E-state index in [1.54, 1.807) is 0 Å². The average Bonchev–Trinajstić information content (AvgIpc) is 2.32. The standard InChI is InChI=1S/C13H25N3O/c1-11-10-14-5-8-16(11)13(17)9-12-3-6-15(2)7-4-12/h11-12,14H,3-10H2,1-2H3. The first kappa shape index (κ1) is 12.8. The highest BCUT2D eigenvalue weighted by atomic mass is 16.2. The average molecular weight is 239 g/mol. The molecule has 0 aromatic rings. The van der Waals surface area contributed by atoms with Crippen molar-refractivity contribution in [3.05, 3.63) is 0 Å². The molecule has 1 atom stereocenters. The maximum absolute atomic E-state index is 12.2. The first-order valence-corrected chi connectivity index (χ1v) is 6.85. The summed E-state index contributed by atoms with van der Waals surface area (Å²) in [5.74, 6) is 0.981. The van der Waals surface area contributed by atoms with E-state index in [0.29, 0.717) is 17.9 Å². The van der Waals surface area contributed by atoms with Crippen molar-refractivity contribution >= 4 is 5.91 Å². The van der Waals surface area contributed by atoms with E-state index in [0.717, 1.165) is 39.1 Å². The zero-order valence-electron chi connectivity index (χ0n) is 11.1. The van der Waals surface area contributed by atoms with E-state index in [1.165, 1.54) is 12.8 Å². The van der Waals surface area contributed by atoms with Crippen LogP contribution in [0.4, 0.5) is 0 Å². The van der Waals surface area contributed by atoms with Crippen LogP contribution in [0.3, 0.4) is 0 Å². The molecular weight excluding hydrogens is 214 g/mol. The van der Waals surface area contributed by atoms with Gasteiger partial charge < -0.3 is 15.1 Å². The van der Waals surface area contributed by atoms with Gasteiger partial charge >= 0.3 is 0 Å². The second-order valence-corrected chi connectivity index (χ2v) is 5.59. The Bertz CT molecular complexity index is 261. The topological polar surface area (TPSA) is 35.6 Å². The molecule has 4 heteroatoms. The first-order valence-electron chi connectivity index (χ1n) is 6.85. The minimum Gasteiger partial charge on any atom is -0.337 e. The fourth-order valence-corrected chi connectivity index (χ4v) is 2.84. The van der Waals surface area contributed by atoms with E-state index in [2.05, 4.69) is 29.1 Å². The molecule has 2 rings (SSSR count). The third-order valence-electron chi connectivity index (χ3n) is 4.12. The van der Waals surface area contributed by atoms with E-state index in [-0.39, 0.29) is 0 Å². The van der Waals surface area contributed by atoms with Crippen LogP contribution < -0.4 is 5.32 Å². The lowest BCUT2D eigenvalue weighted by molar-refractivity contribution is -0.135. The highest BCUT2D eigenvalue weighted by Gasteiger charge is 2.26. The zero-order valence-corrected chi connectivity index (χ0v) is 11.1. The minimum atomic E-state index is 0.363. The van der Waals surface area contributed by atoms with Gasteiger partial charge in [0.15, 0.2) is 0 Å². The normalized spacial score (nSPS) is 28.4. The van der Waals surface area contributed by atoms with Gasteiger partial charge in [-0.1, -0.05) is 0 Å². The van der Waals surface area contributed by atoms with Crippen molar-refractivity contribution in [2.45, 2.75) is 32.2 Å². The molecular formula is C13H25N3O. The maximum atomic E-state index is 12.2. The van der Waals surface area contributed by atoms with Gasteiger partial charge in [0.25, 0.3) is 0 Å². The summed E-state index contributed by atoms with van der Waals surface area (Å²) < 4.78 is 0. The van der Waals surface area contributed by atoms with Gasteiger partial charge in [-0.15, -0.1) is 0 Å². The van der Waals surface area contributed by atoms with Crippen molar-refractivity contribution in [3.63, 3.8) is 0 Å². The number of carbonyl (C=O) groups is 1. The molecule has 2 saturated heterocycles. The molecule has 4 nitrogen and oxygen atoms in total. The summed E-state index contributed by atoms with van der Waals surface area (Å²) in [6, 6.07) is 0.363. The highest BCUT2D eigenvalue weighted by molar-refractivity contribution is 5.77. The maximum Gasteiger partial charge on any atom is 0.223 e. The lowest BCUT2D eigenvalue weighted by Gasteiger charge is -2.36. The van der Waals surface area contributed by atoms with Crippen LogP contribution >= 0.6 is 0 Å². The smallest absolute Gasteiger partial charge is 0.223 e. The molecule has 0 saturated carbocycles. The van der Waals surface area contributed by atoms with Gasteiger partial charge in [-0.05, 0) is 45.8 Å². The molecule has 98 valence electrons. The Hall–Kier alpha value is -0.610. The number of piperidine rings is 1. The molecule has 17 heavy (non-hydrogen) atoms. The summed E-state index contributed by atoms with van der Waals surface area (Å²) in [5.41, 5.74) is 0. The summed E-state index contributed by atoms with van der Waals surface area (Å²) in [4.78, 5) is 16.7. The molecule has 0 spiro atoms. The Morgan fingerprint density at radius 1 is 1.29 bits per heavy atom. The monoisotopic (exact) mass is 239 g/mol. The molecule has 1 amide bonds. The predicted molar refractivity (Wildman–Crippen MR) is 68.9 cm³/mol. The fraction of sp³-hybridized carbons (Fsp3) is 0.923. The number of carbonyl (C=O) groups excluding carboxylic acids is 1. The van der Waals surface area contributed by atoms with Crippen LogP contribution in [-0.2, 0) is 4.79 Å². The number of likely N-dealkylation sites (tertiary alicyclic amines) is 1. The minimum absolute atomic E-state index is 0.363. The summed E-state index contributed by atoms with van der Waals surface area (Å²) in [6.07, 6.45) is 3.13. The summed E-state index contributed by atoms with van der Waals surface area (Å²) in [6.45, 7) is 7.21. The third kappa shape index (κ3) is 3.42. The van der Waals surface area contributed by atoms with E-state index in [4.69, 9.17) is 0 Å². The Kier molecular flexibility index (Phi) is 4.40. The number of rotatable bonds is 2. The van der Waals surface area contributed by atoms with Gasteiger partial charge in [-0.2, -0.15) is 0 Å². The van der Waals surface area contributed by atoms with Crippen molar-refractivity contribution in [2.75, 3.05) is 39.8 Å². The van der Waals surface area contributed by atoms with E-state index in [9.17, 15) is 4.79 Å². The Labute approximate surface area is 104 Å². The molecule has 1 unspecified atom stereocenters. The quantitative estimate of drug-likeness (QED) is 0.764. The highest BCUT2D eigenvalue weighted by Crippen LogP contribution is 2.21. The number of nitrogens with zero attached hydrogens (tertiary/aromatic N) is 2. The second-order valence-electron chi connectivity index (χ2n) is 5.59. The number of hydrogen-bond donors (Lipinski definition) is 1. The largest absolute Gasteiger partial charge is 0.337 e. The van der Waals surface area contributed by atoms with Crippen LogP contribution in [0.1, 0.15) is 26.2 Å². The lowest BCUT2D eigenvalue weighted by atomic mass is 9.93. The van der Waals surface area contributed by atoms with E-state index in [1.807, 2.05) is 0 Å². The third-order valence-corrected chi connectivity index (χ3v) is 4.12. The van der Waals surface area contributed by atoms with Crippen LogP contribution in [0.5, 0.6) is 0 Å². The molecule has 0 aliphatic carbocycles. The van der Waals surface area contributed by atoms with E-state index >= 15 is 0 Å². The summed E-state index contributed by atoms with van der Waals surface area (Å²) in [7, 11) is 2.16. The van der Waals surface area contributed by atoms with Crippen LogP contribution in [0.25, 0.3) is 0 Å². The van der Waals surface area contributed by atoms with Gasteiger partial charge in [0.05, 0.1) is 0 Å². The number of amides is 1. The Morgan fingerprint density at radius 3 is 2.65 bits per heavy atom. The first-order chi connectivity index (χ1) is 8.16. The van der Waals surface area contributed by atoms with Crippen LogP contribution in [0, 0.1) is 5.92 Å². The van der Waals surface area contributed by atoms with Gasteiger partial charge in [-0.3, -0.25) is 4.79 Å². The number of nitrogens with one attached hydrogen (secondary N) is 1.